The zero-order valence-electron chi connectivity index (χ0n) is 23.9. The van der Waals surface area contributed by atoms with E-state index in [9.17, 15) is 0 Å². The minimum Gasteiger partial charge on any atom is -0.0613 e. The first-order valence-electron chi connectivity index (χ1n) is 14.3. The molecule has 4 aromatic rings. The van der Waals surface area contributed by atoms with E-state index in [0.29, 0.717) is 0 Å². The van der Waals surface area contributed by atoms with Crippen LogP contribution in [-0.4, -0.2) is 0 Å². The predicted octanol–water partition coefficient (Wildman–Crippen LogP) is 9.33. The van der Waals surface area contributed by atoms with Gasteiger partial charge in [0.15, 0.2) is 0 Å². The maximum Gasteiger partial charge on any atom is -0.00202 e. The van der Waals surface area contributed by atoms with Crippen LogP contribution in [0.3, 0.4) is 0 Å². The minimum atomic E-state index is 0.997. The summed E-state index contributed by atoms with van der Waals surface area (Å²) in [5, 5.41) is 0. The molecule has 0 saturated carbocycles. The lowest BCUT2D eigenvalue weighted by molar-refractivity contribution is 0.945. The molecule has 4 rings (SSSR count). The van der Waals surface area contributed by atoms with E-state index < -0.39 is 0 Å². The van der Waals surface area contributed by atoms with Gasteiger partial charge < -0.3 is 0 Å². The van der Waals surface area contributed by atoms with Crippen molar-refractivity contribution in [1.82, 2.24) is 0 Å². The molecule has 0 amide bonds. The summed E-state index contributed by atoms with van der Waals surface area (Å²) in [4.78, 5) is 0. The number of benzene rings is 4. The number of rotatable bonds is 10. The molecule has 0 radical (unpaired) electrons. The fourth-order valence-electron chi connectivity index (χ4n) is 5.91. The minimum absolute atomic E-state index is 0.997. The van der Waals surface area contributed by atoms with Gasteiger partial charge in [-0.15, -0.1) is 0 Å². The first-order valence-corrected chi connectivity index (χ1v) is 14.3. The van der Waals surface area contributed by atoms with Crippen molar-refractivity contribution < 1.29 is 0 Å². The highest BCUT2D eigenvalue weighted by Crippen LogP contribution is 2.32. The Morgan fingerprint density at radius 1 is 0.324 bits per heavy atom. The van der Waals surface area contributed by atoms with E-state index >= 15 is 0 Å². The average molecular weight is 489 g/mol. The molecule has 0 aliphatic rings. The zero-order valence-corrected chi connectivity index (χ0v) is 23.9. The summed E-state index contributed by atoms with van der Waals surface area (Å²) < 4.78 is 0. The van der Waals surface area contributed by atoms with E-state index in [2.05, 4.69) is 114 Å². The molecule has 0 aromatic heterocycles. The van der Waals surface area contributed by atoms with Crippen LogP contribution < -0.4 is 0 Å². The zero-order chi connectivity index (χ0) is 26.4. The largest absolute Gasteiger partial charge is 0.0613 e. The molecule has 0 saturated heterocycles. The van der Waals surface area contributed by atoms with Crippen molar-refractivity contribution in [3.8, 4) is 0 Å². The highest BCUT2D eigenvalue weighted by Gasteiger charge is 2.18. The lowest BCUT2D eigenvalue weighted by Gasteiger charge is -2.24. The Hall–Kier alpha value is -3.12. The standard InChI is InChI=1S/C37H44/c1-7-28-11-15-30(16-12-28)23-31-19-21-33(22-20-31)25-37-27(6)34(9-3)36(26(5)35(37)10-4)24-32-17-13-29(8-2)14-18-32/h11-22H,7-10,23-25H2,1-6H3. The van der Waals surface area contributed by atoms with Gasteiger partial charge in [0.25, 0.3) is 0 Å². The molecule has 0 fully saturated rings. The number of hydrogen-bond donors (Lipinski definition) is 0. The van der Waals surface area contributed by atoms with Crippen molar-refractivity contribution in [3.63, 3.8) is 0 Å². The Labute approximate surface area is 225 Å². The number of hydrogen-bond acceptors (Lipinski definition) is 0. The normalized spacial score (nSPS) is 11.2. The molecule has 0 heterocycles. The van der Waals surface area contributed by atoms with Crippen molar-refractivity contribution in [2.45, 2.75) is 86.5 Å². The Morgan fingerprint density at radius 3 is 0.865 bits per heavy atom. The van der Waals surface area contributed by atoms with Crippen molar-refractivity contribution >= 4 is 0 Å². The van der Waals surface area contributed by atoms with Gasteiger partial charge in [-0.05, 0) is 126 Å². The molecule has 0 bridgehead atoms. The molecule has 0 spiro atoms. The van der Waals surface area contributed by atoms with Crippen LogP contribution in [0.25, 0.3) is 0 Å². The fourth-order valence-corrected chi connectivity index (χ4v) is 5.91. The summed E-state index contributed by atoms with van der Waals surface area (Å²) in [5.41, 5.74) is 17.6. The summed E-state index contributed by atoms with van der Waals surface area (Å²) in [6.07, 6.45) is 7.40. The van der Waals surface area contributed by atoms with Crippen molar-refractivity contribution in [2.75, 3.05) is 0 Å². The van der Waals surface area contributed by atoms with Crippen LogP contribution in [-0.2, 0) is 44.9 Å². The highest BCUT2D eigenvalue weighted by atomic mass is 14.2. The Bertz CT molecular complexity index is 1300. The summed E-state index contributed by atoms with van der Waals surface area (Å²) in [6.45, 7) is 13.8. The van der Waals surface area contributed by atoms with Gasteiger partial charge >= 0.3 is 0 Å². The van der Waals surface area contributed by atoms with E-state index in [0.717, 1.165) is 44.9 Å². The van der Waals surface area contributed by atoms with Gasteiger partial charge in [0.2, 0.25) is 0 Å². The van der Waals surface area contributed by atoms with Crippen molar-refractivity contribution in [1.29, 1.82) is 0 Å². The molecular weight excluding hydrogens is 444 g/mol. The van der Waals surface area contributed by atoms with Crippen LogP contribution in [0.4, 0.5) is 0 Å². The highest BCUT2D eigenvalue weighted by molar-refractivity contribution is 5.54. The van der Waals surface area contributed by atoms with Crippen molar-refractivity contribution in [2.24, 2.45) is 0 Å². The van der Waals surface area contributed by atoms with Gasteiger partial charge in [-0.1, -0.05) is 100 Å². The van der Waals surface area contributed by atoms with Gasteiger partial charge in [0, 0.05) is 0 Å². The third-order valence-electron chi connectivity index (χ3n) is 8.30. The quantitative estimate of drug-likeness (QED) is 0.209. The van der Waals surface area contributed by atoms with Crippen LogP contribution in [0, 0.1) is 13.8 Å². The maximum absolute atomic E-state index is 2.37. The van der Waals surface area contributed by atoms with Crippen LogP contribution in [0.1, 0.15) is 94.5 Å². The molecule has 0 unspecified atom stereocenters. The van der Waals surface area contributed by atoms with Crippen LogP contribution >= 0.6 is 0 Å². The van der Waals surface area contributed by atoms with Crippen LogP contribution in [0.15, 0.2) is 72.8 Å². The molecule has 0 aliphatic heterocycles. The molecule has 37 heavy (non-hydrogen) atoms. The Kier molecular flexibility index (Phi) is 9.04. The number of aryl methyl sites for hydroxylation is 2. The summed E-state index contributed by atoms with van der Waals surface area (Å²) in [6, 6.07) is 27.7. The monoisotopic (exact) mass is 488 g/mol. The molecule has 0 heteroatoms. The van der Waals surface area contributed by atoms with E-state index in [1.165, 1.54) is 44.5 Å². The second kappa shape index (κ2) is 12.4. The van der Waals surface area contributed by atoms with E-state index in [1.54, 1.807) is 22.3 Å². The summed E-state index contributed by atoms with van der Waals surface area (Å²) in [7, 11) is 0. The van der Waals surface area contributed by atoms with E-state index in [4.69, 9.17) is 0 Å². The molecule has 4 aromatic carbocycles. The van der Waals surface area contributed by atoms with Crippen LogP contribution in [0.2, 0.25) is 0 Å². The average Bonchev–Trinajstić information content (AvgIpc) is 2.93. The van der Waals surface area contributed by atoms with Gasteiger partial charge in [0.1, 0.15) is 0 Å². The smallest absolute Gasteiger partial charge is 0.00202 e. The summed E-state index contributed by atoms with van der Waals surface area (Å²) in [5.74, 6) is 0. The van der Waals surface area contributed by atoms with Gasteiger partial charge in [-0.25, -0.2) is 0 Å². The second-order valence-electron chi connectivity index (χ2n) is 10.6. The van der Waals surface area contributed by atoms with Gasteiger partial charge in [-0.2, -0.15) is 0 Å². The molecule has 0 N–H and O–H groups in total. The molecule has 192 valence electrons. The SMILES string of the molecule is CCc1ccc(Cc2ccc(Cc3c(C)c(CC)c(Cc4ccc(CC)cc4)c(C)c3CC)cc2)cc1. The third kappa shape index (κ3) is 6.24. The molecular formula is C37H44. The molecule has 0 aliphatic carbocycles. The van der Waals surface area contributed by atoms with Gasteiger partial charge in [-0.3, -0.25) is 0 Å². The van der Waals surface area contributed by atoms with Gasteiger partial charge in [0.05, 0.1) is 0 Å². The first-order chi connectivity index (χ1) is 18.0. The topological polar surface area (TPSA) is 0 Å². The van der Waals surface area contributed by atoms with Crippen molar-refractivity contribution in [3.05, 3.63) is 140 Å². The van der Waals surface area contributed by atoms with E-state index in [-0.39, 0.29) is 0 Å². The lowest BCUT2D eigenvalue weighted by Crippen LogP contribution is -2.10. The van der Waals surface area contributed by atoms with E-state index in [1.807, 2.05) is 0 Å². The molecule has 0 nitrogen and oxygen atoms in total. The lowest BCUT2D eigenvalue weighted by atomic mass is 9.81. The molecule has 0 atom stereocenters. The predicted molar refractivity (Wildman–Crippen MR) is 161 cm³/mol. The second-order valence-corrected chi connectivity index (χ2v) is 10.6. The first kappa shape index (κ1) is 26.9. The summed E-state index contributed by atoms with van der Waals surface area (Å²) >= 11 is 0. The van der Waals surface area contributed by atoms with Crippen LogP contribution in [0.5, 0.6) is 0 Å². The fraction of sp³-hybridized carbons (Fsp3) is 0.351. The third-order valence-corrected chi connectivity index (χ3v) is 8.30. The Morgan fingerprint density at radius 2 is 0.595 bits per heavy atom. The maximum atomic E-state index is 2.37. The Balaban J connectivity index is 1.59.